The molecule has 6 heteroatoms. The number of furan rings is 1. The summed E-state index contributed by atoms with van der Waals surface area (Å²) in [5.74, 6) is -0.281. The summed E-state index contributed by atoms with van der Waals surface area (Å²) in [4.78, 5) is 26.4. The summed E-state index contributed by atoms with van der Waals surface area (Å²) in [5.41, 5.74) is 2.14. The van der Waals surface area contributed by atoms with Crippen molar-refractivity contribution in [3.8, 4) is 0 Å². The summed E-state index contributed by atoms with van der Waals surface area (Å²) in [5, 5.41) is 0. The molecule has 0 N–H and O–H groups in total. The van der Waals surface area contributed by atoms with Crippen LogP contribution in [0.4, 0.5) is 0 Å². The number of ether oxygens (including phenoxy) is 3. The Bertz CT molecular complexity index is 1080. The fourth-order valence-electron chi connectivity index (χ4n) is 8.54. The Morgan fingerprint density at radius 3 is 2.73 bits per heavy atom. The van der Waals surface area contributed by atoms with Gasteiger partial charge in [0, 0.05) is 28.1 Å². The molecule has 0 spiro atoms. The van der Waals surface area contributed by atoms with Gasteiger partial charge in [-0.2, -0.15) is 0 Å². The predicted octanol–water partition coefficient (Wildman–Crippen LogP) is 4.22. The summed E-state index contributed by atoms with van der Waals surface area (Å²) in [6.07, 6.45) is 7.85. The molecule has 1 saturated carbocycles. The first-order valence-electron chi connectivity index (χ1n) is 12.0. The number of fused-ring (bicyclic) bond motifs is 4. The molecule has 3 aliphatic carbocycles. The number of rotatable bonds is 3. The molecule has 0 radical (unpaired) electrons. The van der Waals surface area contributed by atoms with Crippen LogP contribution in [-0.2, 0) is 23.8 Å². The maximum absolute atomic E-state index is 13.7. The Kier molecular flexibility index (Phi) is 4.33. The average molecular weight is 453 g/mol. The minimum atomic E-state index is -0.747. The van der Waals surface area contributed by atoms with E-state index in [9.17, 15) is 9.59 Å². The maximum atomic E-state index is 13.7. The standard InChI is InChI=1S/C27H32O6/c1-14-16(15-7-9-31-12-15)10-17-21(14)27(4)18(11-20(29)30-5)26(3)19(28)6-8-25(2)13-32-22(23(25)26)24(27)33-17/h6-9,12,16-18,22-24H,10-11,13H2,1-5H3/t16-,17-,18-,22?,23?,24-,25+,26+,27-/m1/s1. The van der Waals surface area contributed by atoms with Crippen molar-refractivity contribution in [2.75, 3.05) is 13.7 Å². The highest BCUT2D eigenvalue weighted by molar-refractivity contribution is 5.97. The second-order valence-corrected chi connectivity index (χ2v) is 11.3. The fourth-order valence-corrected chi connectivity index (χ4v) is 8.54. The van der Waals surface area contributed by atoms with Crippen molar-refractivity contribution >= 4 is 11.8 Å². The highest BCUT2D eigenvalue weighted by Gasteiger charge is 2.75. The van der Waals surface area contributed by atoms with Crippen LogP contribution in [-0.4, -0.2) is 43.8 Å². The lowest BCUT2D eigenvalue weighted by Crippen LogP contribution is -2.66. The van der Waals surface area contributed by atoms with Crippen LogP contribution in [0.5, 0.6) is 0 Å². The summed E-state index contributed by atoms with van der Waals surface area (Å²) in [7, 11) is 1.42. The fraction of sp³-hybridized carbons (Fsp3) is 0.630. The molecule has 1 aromatic rings. The predicted molar refractivity (Wildman–Crippen MR) is 119 cm³/mol. The van der Waals surface area contributed by atoms with E-state index in [0.29, 0.717) is 6.61 Å². The largest absolute Gasteiger partial charge is 0.472 e. The lowest BCUT2D eigenvalue weighted by atomic mass is 9.42. The summed E-state index contributed by atoms with van der Waals surface area (Å²) >= 11 is 0. The number of carbonyl (C=O) groups is 2. The quantitative estimate of drug-likeness (QED) is 0.505. The molecule has 2 aliphatic heterocycles. The highest BCUT2D eigenvalue weighted by Crippen LogP contribution is 2.71. The van der Waals surface area contributed by atoms with Crippen LogP contribution in [0.2, 0.25) is 0 Å². The van der Waals surface area contributed by atoms with Crippen molar-refractivity contribution in [1.29, 1.82) is 0 Å². The molecule has 6 rings (SSSR count). The monoisotopic (exact) mass is 452 g/mol. The first kappa shape index (κ1) is 21.4. The number of hydrogen-bond donors (Lipinski definition) is 0. The van der Waals surface area contributed by atoms with Crippen LogP contribution in [0.1, 0.15) is 52.0 Å². The van der Waals surface area contributed by atoms with Gasteiger partial charge >= 0.3 is 5.97 Å². The SMILES string of the molecule is COC(=O)C[C@H]1[C@]2(C)C3=C(C)[C@H](c4ccoc4)C[C@H]3O[C@@H]2C2OC[C@]3(C)C=CC(=O)[C@@]1(C)C23. The molecule has 33 heavy (non-hydrogen) atoms. The minimum Gasteiger partial charge on any atom is -0.472 e. The molecule has 2 saturated heterocycles. The Morgan fingerprint density at radius 1 is 1.24 bits per heavy atom. The van der Waals surface area contributed by atoms with Crippen LogP contribution in [0.3, 0.4) is 0 Å². The van der Waals surface area contributed by atoms with Crippen LogP contribution >= 0.6 is 0 Å². The van der Waals surface area contributed by atoms with E-state index in [2.05, 4.69) is 27.7 Å². The molecular weight excluding hydrogens is 420 g/mol. The van der Waals surface area contributed by atoms with Crippen LogP contribution in [0, 0.1) is 28.1 Å². The summed E-state index contributed by atoms with van der Waals surface area (Å²) < 4.78 is 23.8. The molecule has 0 amide bonds. The van der Waals surface area contributed by atoms with E-state index in [4.69, 9.17) is 18.6 Å². The van der Waals surface area contributed by atoms with E-state index in [-0.39, 0.29) is 59.7 Å². The van der Waals surface area contributed by atoms with Gasteiger partial charge in [-0.05, 0) is 42.5 Å². The van der Waals surface area contributed by atoms with E-state index in [1.165, 1.54) is 18.3 Å². The number of esters is 1. The van der Waals surface area contributed by atoms with Gasteiger partial charge in [0.25, 0.3) is 0 Å². The molecule has 176 valence electrons. The van der Waals surface area contributed by atoms with Gasteiger partial charge in [0.1, 0.15) is 0 Å². The number of allylic oxidation sites excluding steroid dienone is 2. The van der Waals surface area contributed by atoms with E-state index >= 15 is 0 Å². The Labute approximate surface area is 194 Å². The van der Waals surface area contributed by atoms with Gasteiger partial charge in [0.2, 0.25) is 0 Å². The lowest BCUT2D eigenvalue weighted by molar-refractivity contribution is -0.188. The molecule has 3 fully saturated rings. The van der Waals surface area contributed by atoms with Gasteiger partial charge < -0.3 is 18.6 Å². The van der Waals surface area contributed by atoms with Crippen molar-refractivity contribution in [2.45, 2.75) is 64.8 Å². The smallest absolute Gasteiger partial charge is 0.305 e. The Hall–Kier alpha value is -2.18. The average Bonchev–Trinajstić information content (AvgIpc) is 3.54. The molecule has 5 aliphatic rings. The minimum absolute atomic E-state index is 0.0420. The topological polar surface area (TPSA) is 75.0 Å². The van der Waals surface area contributed by atoms with E-state index < -0.39 is 10.8 Å². The van der Waals surface area contributed by atoms with Crippen molar-refractivity contribution in [3.05, 3.63) is 47.5 Å². The van der Waals surface area contributed by atoms with Crippen molar-refractivity contribution in [2.24, 2.45) is 28.1 Å². The normalized spacial score (nSPS) is 47.5. The second kappa shape index (κ2) is 6.70. The first-order chi connectivity index (χ1) is 15.7. The van der Waals surface area contributed by atoms with E-state index in [1.807, 2.05) is 12.1 Å². The van der Waals surface area contributed by atoms with Crippen molar-refractivity contribution in [3.63, 3.8) is 0 Å². The highest BCUT2D eigenvalue weighted by atomic mass is 16.6. The maximum Gasteiger partial charge on any atom is 0.305 e. The number of hydrogen-bond acceptors (Lipinski definition) is 6. The van der Waals surface area contributed by atoms with Gasteiger partial charge in [-0.3, -0.25) is 9.59 Å². The van der Waals surface area contributed by atoms with E-state index in [0.717, 1.165) is 12.0 Å². The van der Waals surface area contributed by atoms with Crippen LogP contribution in [0.15, 0.2) is 46.3 Å². The molecular formula is C27H32O6. The first-order valence-corrected chi connectivity index (χ1v) is 12.0. The Balaban J connectivity index is 1.56. The van der Waals surface area contributed by atoms with Crippen LogP contribution in [0.25, 0.3) is 0 Å². The molecule has 0 bridgehead atoms. The van der Waals surface area contributed by atoms with E-state index in [1.54, 1.807) is 18.6 Å². The van der Waals surface area contributed by atoms with Gasteiger partial charge in [0.05, 0.1) is 51.0 Å². The third kappa shape index (κ3) is 2.46. The number of ketones is 1. The molecule has 2 unspecified atom stereocenters. The van der Waals surface area contributed by atoms with Gasteiger partial charge in [-0.1, -0.05) is 32.4 Å². The summed E-state index contributed by atoms with van der Waals surface area (Å²) in [6, 6.07) is 2.01. The molecule has 9 atom stereocenters. The number of methoxy groups -OCH3 is 1. The molecule has 0 aromatic carbocycles. The second-order valence-electron chi connectivity index (χ2n) is 11.3. The Morgan fingerprint density at radius 2 is 2.03 bits per heavy atom. The lowest BCUT2D eigenvalue weighted by Gasteiger charge is -2.60. The van der Waals surface area contributed by atoms with Crippen molar-refractivity contribution in [1.82, 2.24) is 0 Å². The molecule has 6 nitrogen and oxygen atoms in total. The zero-order valence-electron chi connectivity index (χ0n) is 19.9. The van der Waals surface area contributed by atoms with Crippen LogP contribution < -0.4 is 0 Å². The van der Waals surface area contributed by atoms with Crippen molar-refractivity contribution < 1.29 is 28.2 Å². The summed E-state index contributed by atoms with van der Waals surface area (Å²) in [6.45, 7) is 9.17. The van der Waals surface area contributed by atoms with Gasteiger partial charge in [0.15, 0.2) is 5.78 Å². The van der Waals surface area contributed by atoms with Gasteiger partial charge in [-0.25, -0.2) is 0 Å². The third-order valence-corrected chi connectivity index (χ3v) is 9.91. The molecule has 3 heterocycles. The zero-order valence-corrected chi connectivity index (χ0v) is 19.9. The zero-order chi connectivity index (χ0) is 23.3. The third-order valence-electron chi connectivity index (χ3n) is 9.91. The molecule has 1 aromatic heterocycles. The van der Waals surface area contributed by atoms with Gasteiger partial charge in [-0.15, -0.1) is 0 Å². The number of carbonyl (C=O) groups excluding carboxylic acids is 2.